The van der Waals surface area contributed by atoms with Crippen molar-refractivity contribution in [2.75, 3.05) is 17.3 Å². The molecule has 1 unspecified atom stereocenters. The number of hydrogen-bond acceptors (Lipinski definition) is 6. The number of Topliss-reactive ketones (excluding diaryl/α,β-unsaturated/α-hetero) is 1. The van der Waals surface area contributed by atoms with Gasteiger partial charge in [-0.15, -0.1) is 0 Å². The minimum Gasteiger partial charge on any atom is -0.507 e. The number of carbonyl (C=O) groups is 3. The van der Waals surface area contributed by atoms with Crippen LogP contribution in [0.2, 0.25) is 0 Å². The largest absolute Gasteiger partial charge is 0.507 e. The zero-order valence-corrected chi connectivity index (χ0v) is 18.0. The van der Waals surface area contributed by atoms with Crippen molar-refractivity contribution in [1.82, 2.24) is 4.98 Å². The Kier molecular flexibility index (Phi) is 5.91. The van der Waals surface area contributed by atoms with E-state index in [1.165, 1.54) is 18.9 Å². The van der Waals surface area contributed by atoms with E-state index in [2.05, 4.69) is 10.3 Å². The number of ether oxygens (including phenoxy) is 1. The molecule has 166 valence electrons. The molecule has 1 saturated heterocycles. The van der Waals surface area contributed by atoms with Gasteiger partial charge in [0.25, 0.3) is 11.7 Å². The second-order valence-electron chi connectivity index (χ2n) is 7.38. The maximum absolute atomic E-state index is 13.2. The Morgan fingerprint density at radius 1 is 1.06 bits per heavy atom. The fourth-order valence-electron chi connectivity index (χ4n) is 3.76. The maximum Gasteiger partial charge on any atom is 0.300 e. The van der Waals surface area contributed by atoms with E-state index < -0.39 is 17.7 Å². The van der Waals surface area contributed by atoms with Crippen LogP contribution in [0.3, 0.4) is 0 Å². The van der Waals surface area contributed by atoms with Crippen molar-refractivity contribution in [3.8, 4) is 5.75 Å². The van der Waals surface area contributed by atoms with Crippen LogP contribution >= 0.6 is 0 Å². The summed E-state index contributed by atoms with van der Waals surface area (Å²) in [6.07, 6.45) is 1.55. The third-order valence-corrected chi connectivity index (χ3v) is 5.22. The molecule has 0 aliphatic carbocycles. The van der Waals surface area contributed by atoms with Gasteiger partial charge < -0.3 is 15.2 Å². The van der Waals surface area contributed by atoms with E-state index in [-0.39, 0.29) is 17.2 Å². The highest BCUT2D eigenvalue weighted by Crippen LogP contribution is 2.42. The number of aliphatic hydroxyl groups excluding tert-OH is 1. The molecule has 1 aliphatic rings. The molecule has 1 fully saturated rings. The molecule has 2 aromatic carbocycles. The fraction of sp³-hybridized carbons (Fsp3) is 0.120. The smallest absolute Gasteiger partial charge is 0.300 e. The minimum absolute atomic E-state index is 0.0752. The number of rotatable bonds is 5. The molecule has 1 atom stereocenters. The van der Waals surface area contributed by atoms with Gasteiger partial charge in [0.1, 0.15) is 17.6 Å². The zero-order chi connectivity index (χ0) is 23.5. The zero-order valence-electron chi connectivity index (χ0n) is 18.0. The van der Waals surface area contributed by atoms with E-state index in [0.717, 1.165) is 0 Å². The number of benzene rings is 2. The van der Waals surface area contributed by atoms with E-state index in [4.69, 9.17) is 4.74 Å². The molecule has 0 radical (unpaired) electrons. The summed E-state index contributed by atoms with van der Waals surface area (Å²) in [6.45, 7) is 1.38. The van der Waals surface area contributed by atoms with E-state index in [9.17, 15) is 19.5 Å². The van der Waals surface area contributed by atoms with Gasteiger partial charge in [0.2, 0.25) is 5.91 Å². The van der Waals surface area contributed by atoms with Gasteiger partial charge in [-0.1, -0.05) is 12.1 Å². The maximum atomic E-state index is 13.2. The van der Waals surface area contributed by atoms with Crippen LogP contribution in [0.25, 0.3) is 5.76 Å². The van der Waals surface area contributed by atoms with Gasteiger partial charge in [0.05, 0.1) is 18.4 Å². The first kappa shape index (κ1) is 21.8. The van der Waals surface area contributed by atoms with Gasteiger partial charge in [0.15, 0.2) is 0 Å². The summed E-state index contributed by atoms with van der Waals surface area (Å²) in [5, 5.41) is 13.8. The number of ketones is 1. The molecule has 1 aromatic heterocycles. The van der Waals surface area contributed by atoms with Crippen LogP contribution in [0.1, 0.15) is 24.2 Å². The lowest BCUT2D eigenvalue weighted by Gasteiger charge is -2.25. The number of aliphatic hydroxyl groups is 1. The number of hydrogen-bond donors (Lipinski definition) is 2. The fourth-order valence-corrected chi connectivity index (χ4v) is 3.76. The van der Waals surface area contributed by atoms with Gasteiger partial charge in [-0.05, 0) is 54.6 Å². The quantitative estimate of drug-likeness (QED) is 0.354. The summed E-state index contributed by atoms with van der Waals surface area (Å²) in [5.74, 6) is -1.63. The molecule has 1 aliphatic heterocycles. The van der Waals surface area contributed by atoms with Crippen LogP contribution in [-0.4, -0.2) is 34.8 Å². The number of nitrogens with one attached hydrogen (secondary N) is 1. The van der Waals surface area contributed by atoms with E-state index in [1.807, 2.05) is 0 Å². The van der Waals surface area contributed by atoms with Crippen LogP contribution in [0, 0.1) is 0 Å². The number of amides is 2. The Labute approximate surface area is 190 Å². The summed E-state index contributed by atoms with van der Waals surface area (Å²) in [4.78, 5) is 43.4. The van der Waals surface area contributed by atoms with Crippen LogP contribution in [0.5, 0.6) is 5.75 Å². The lowest BCUT2D eigenvalue weighted by Crippen LogP contribution is -2.30. The monoisotopic (exact) mass is 443 g/mol. The second-order valence-corrected chi connectivity index (χ2v) is 7.38. The number of aromatic nitrogens is 1. The standard InChI is InChI=1S/C25H21N3O5/c1-15(29)27-17-6-5-7-18(14-17)28-22(20-8-3-4-13-26-20)21(24(31)25(28)32)23(30)16-9-11-19(33-2)12-10-16/h3-14,22,30H,1-2H3,(H,27,29)/b23-21+. The third kappa shape index (κ3) is 4.18. The van der Waals surface area contributed by atoms with Crippen molar-refractivity contribution in [2.45, 2.75) is 13.0 Å². The normalized spacial score (nSPS) is 17.2. The number of carbonyl (C=O) groups excluding carboxylic acids is 3. The highest BCUT2D eigenvalue weighted by atomic mass is 16.5. The van der Waals surface area contributed by atoms with Crippen LogP contribution in [-0.2, 0) is 14.4 Å². The number of nitrogens with zero attached hydrogens (tertiary/aromatic N) is 2. The van der Waals surface area contributed by atoms with Crippen molar-refractivity contribution >= 4 is 34.7 Å². The number of anilines is 2. The average Bonchev–Trinajstić information content (AvgIpc) is 3.09. The summed E-state index contributed by atoms with van der Waals surface area (Å²) in [7, 11) is 1.52. The van der Waals surface area contributed by atoms with Crippen molar-refractivity contribution < 1.29 is 24.2 Å². The Hall–Kier alpha value is -4.46. The van der Waals surface area contributed by atoms with Gasteiger partial charge in [0, 0.05) is 30.1 Å². The molecule has 4 rings (SSSR count). The highest BCUT2D eigenvalue weighted by molar-refractivity contribution is 6.51. The minimum atomic E-state index is -0.958. The summed E-state index contributed by atoms with van der Waals surface area (Å²) in [6, 6.07) is 17.3. The first-order chi connectivity index (χ1) is 15.9. The highest BCUT2D eigenvalue weighted by Gasteiger charge is 2.47. The van der Waals surface area contributed by atoms with Gasteiger partial charge in [-0.25, -0.2) is 0 Å². The number of pyridine rings is 1. The van der Waals surface area contributed by atoms with Gasteiger partial charge in [-0.2, -0.15) is 0 Å². The van der Waals surface area contributed by atoms with Crippen LogP contribution < -0.4 is 15.0 Å². The predicted molar refractivity (Wildman–Crippen MR) is 123 cm³/mol. The van der Waals surface area contributed by atoms with Crippen molar-refractivity contribution in [3.63, 3.8) is 0 Å². The molecule has 2 N–H and O–H groups in total. The first-order valence-electron chi connectivity index (χ1n) is 10.1. The average molecular weight is 443 g/mol. The SMILES string of the molecule is COc1ccc(/C(O)=C2\C(=O)C(=O)N(c3cccc(NC(C)=O)c3)C2c2ccccn2)cc1. The molecule has 8 nitrogen and oxygen atoms in total. The molecule has 8 heteroatoms. The topological polar surface area (TPSA) is 109 Å². The predicted octanol–water partition coefficient (Wildman–Crippen LogP) is 3.67. The van der Waals surface area contributed by atoms with E-state index in [1.54, 1.807) is 72.9 Å². The van der Waals surface area contributed by atoms with E-state index in [0.29, 0.717) is 28.4 Å². The first-order valence-corrected chi connectivity index (χ1v) is 10.1. The Morgan fingerprint density at radius 2 is 1.82 bits per heavy atom. The molecule has 0 spiro atoms. The molecular weight excluding hydrogens is 422 g/mol. The Morgan fingerprint density at radius 3 is 2.45 bits per heavy atom. The molecular formula is C25H21N3O5. The van der Waals surface area contributed by atoms with Crippen LogP contribution in [0.4, 0.5) is 11.4 Å². The molecule has 3 aromatic rings. The van der Waals surface area contributed by atoms with Crippen molar-refractivity contribution in [3.05, 3.63) is 89.8 Å². The van der Waals surface area contributed by atoms with Crippen molar-refractivity contribution in [2.24, 2.45) is 0 Å². The summed E-state index contributed by atoms with van der Waals surface area (Å²) >= 11 is 0. The lowest BCUT2D eigenvalue weighted by atomic mass is 9.98. The summed E-state index contributed by atoms with van der Waals surface area (Å²) < 4.78 is 5.15. The van der Waals surface area contributed by atoms with E-state index >= 15 is 0 Å². The molecule has 2 amide bonds. The molecule has 0 bridgehead atoms. The van der Waals surface area contributed by atoms with Crippen molar-refractivity contribution in [1.29, 1.82) is 0 Å². The molecule has 0 saturated carbocycles. The lowest BCUT2D eigenvalue weighted by molar-refractivity contribution is -0.132. The number of methoxy groups -OCH3 is 1. The van der Waals surface area contributed by atoms with Crippen LogP contribution in [0.15, 0.2) is 78.5 Å². The van der Waals surface area contributed by atoms with Gasteiger partial charge >= 0.3 is 0 Å². The Bertz CT molecular complexity index is 1250. The third-order valence-electron chi connectivity index (χ3n) is 5.22. The second kappa shape index (κ2) is 8.96. The summed E-state index contributed by atoms with van der Waals surface area (Å²) in [5.41, 5.74) is 1.55. The van der Waals surface area contributed by atoms with Gasteiger partial charge in [-0.3, -0.25) is 24.3 Å². The molecule has 33 heavy (non-hydrogen) atoms. The Balaban J connectivity index is 1.88. The molecule has 2 heterocycles.